The van der Waals surface area contributed by atoms with Crippen molar-refractivity contribution in [2.24, 2.45) is 0 Å². The molecule has 1 aromatic carbocycles. The van der Waals surface area contributed by atoms with Gasteiger partial charge in [0.1, 0.15) is 11.8 Å². The molecule has 0 amide bonds. The van der Waals surface area contributed by atoms with Crippen LogP contribution in [0.5, 0.6) is 0 Å². The maximum Gasteiger partial charge on any atom is 0.300 e. The van der Waals surface area contributed by atoms with Crippen molar-refractivity contribution in [3.8, 4) is 0 Å². The van der Waals surface area contributed by atoms with Crippen molar-refractivity contribution in [1.82, 2.24) is 4.98 Å². The third-order valence-corrected chi connectivity index (χ3v) is 3.41. The molecule has 1 aliphatic heterocycles. The number of ether oxygens (including phenoxy) is 1. The van der Waals surface area contributed by atoms with Gasteiger partial charge in [0.05, 0.1) is 16.9 Å². The average Bonchev–Trinajstić information content (AvgIpc) is 2.34. The first-order chi connectivity index (χ1) is 10.2. The van der Waals surface area contributed by atoms with E-state index in [0.717, 1.165) is 34.2 Å². The molecule has 0 bridgehead atoms. The normalized spacial score (nSPS) is 18.7. The number of rotatable bonds is 0. The van der Waals surface area contributed by atoms with Crippen LogP contribution in [0, 0.1) is 0 Å². The molecule has 0 fully saturated rings. The molecule has 0 radical (unpaired) electrons. The number of benzene rings is 1. The van der Waals surface area contributed by atoms with Crippen LogP contribution in [0.1, 0.15) is 33.4 Å². The number of fused-ring (bicyclic) bond motifs is 2. The summed E-state index contributed by atoms with van der Waals surface area (Å²) in [5.74, 6) is -0.833. The molecule has 0 spiro atoms. The number of carbonyl (C=O) groups is 1. The van der Waals surface area contributed by atoms with Crippen LogP contribution in [-0.4, -0.2) is 22.3 Å². The lowest BCUT2D eigenvalue weighted by Gasteiger charge is -2.36. The highest BCUT2D eigenvalue weighted by molar-refractivity contribution is 6.31. The van der Waals surface area contributed by atoms with E-state index in [1.807, 2.05) is 39.0 Å². The molecule has 0 saturated carbocycles. The highest BCUT2D eigenvalue weighted by atomic mass is 35.5. The number of aliphatic carboxylic acids is 1. The Balaban J connectivity index is 0.000000396. The van der Waals surface area contributed by atoms with Gasteiger partial charge < -0.3 is 15.2 Å². The zero-order valence-corrected chi connectivity index (χ0v) is 13.7. The van der Waals surface area contributed by atoms with Gasteiger partial charge in [-0.15, -0.1) is 0 Å². The Hall–Kier alpha value is -1.85. The molecule has 5 nitrogen and oxygen atoms in total. The standard InChI is InChI=1S/C14H15ClN2O.C2H4O2/c1-8-16-12-7-9-6-10(15)4-5-11(9)17-13(12)14(2,3)18-8;1-2(3)4/h4-8,16H,1-3H3;1H3,(H,3,4). The lowest BCUT2D eigenvalue weighted by Crippen LogP contribution is -2.38. The van der Waals surface area contributed by atoms with Crippen LogP contribution < -0.4 is 5.32 Å². The Morgan fingerprint density at radius 3 is 2.68 bits per heavy atom. The van der Waals surface area contributed by atoms with E-state index in [-0.39, 0.29) is 11.8 Å². The Morgan fingerprint density at radius 2 is 2.05 bits per heavy atom. The van der Waals surface area contributed by atoms with E-state index in [1.165, 1.54) is 0 Å². The van der Waals surface area contributed by atoms with Crippen molar-refractivity contribution >= 4 is 34.2 Å². The molecule has 6 heteroatoms. The van der Waals surface area contributed by atoms with E-state index in [0.29, 0.717) is 0 Å². The van der Waals surface area contributed by atoms with Crippen molar-refractivity contribution in [2.45, 2.75) is 39.5 Å². The second kappa shape index (κ2) is 6.10. The first kappa shape index (κ1) is 16.5. The minimum atomic E-state index is -0.833. The van der Waals surface area contributed by atoms with Crippen LogP contribution in [0.4, 0.5) is 5.69 Å². The summed E-state index contributed by atoms with van der Waals surface area (Å²) >= 11 is 6.01. The fraction of sp³-hybridized carbons (Fsp3) is 0.375. The van der Waals surface area contributed by atoms with Gasteiger partial charge in [-0.25, -0.2) is 4.98 Å². The summed E-state index contributed by atoms with van der Waals surface area (Å²) in [6, 6.07) is 7.81. The predicted octanol–water partition coefficient (Wildman–Crippen LogP) is 4.00. The summed E-state index contributed by atoms with van der Waals surface area (Å²) in [6.45, 7) is 7.16. The molecule has 22 heavy (non-hydrogen) atoms. The number of anilines is 1. The largest absolute Gasteiger partial charge is 0.481 e. The summed E-state index contributed by atoms with van der Waals surface area (Å²) in [5.41, 5.74) is 2.52. The highest BCUT2D eigenvalue weighted by Crippen LogP contribution is 2.37. The molecule has 2 heterocycles. The molecule has 118 valence electrons. The third-order valence-electron chi connectivity index (χ3n) is 3.18. The summed E-state index contributed by atoms with van der Waals surface area (Å²) in [6.07, 6.45) is -0.0223. The Morgan fingerprint density at radius 1 is 1.41 bits per heavy atom. The zero-order valence-electron chi connectivity index (χ0n) is 13.0. The Bertz CT molecular complexity index is 712. The van der Waals surface area contributed by atoms with Crippen molar-refractivity contribution in [2.75, 3.05) is 5.32 Å². The molecular weight excluding hydrogens is 304 g/mol. The van der Waals surface area contributed by atoms with Gasteiger partial charge in [-0.2, -0.15) is 0 Å². The first-order valence-electron chi connectivity index (χ1n) is 6.94. The van der Waals surface area contributed by atoms with Gasteiger partial charge in [0.15, 0.2) is 0 Å². The molecule has 2 aromatic rings. The SMILES string of the molecule is CC(=O)O.CC1Nc2cc3cc(Cl)ccc3nc2C(C)(C)O1. The fourth-order valence-electron chi connectivity index (χ4n) is 2.46. The molecule has 0 saturated heterocycles. The first-order valence-corrected chi connectivity index (χ1v) is 7.31. The molecule has 1 unspecified atom stereocenters. The number of halogens is 1. The Labute approximate surface area is 134 Å². The van der Waals surface area contributed by atoms with E-state index >= 15 is 0 Å². The van der Waals surface area contributed by atoms with Gasteiger partial charge >= 0.3 is 0 Å². The van der Waals surface area contributed by atoms with Crippen LogP contribution in [0.2, 0.25) is 5.02 Å². The van der Waals surface area contributed by atoms with Gasteiger partial charge in [0, 0.05) is 17.3 Å². The fourth-order valence-corrected chi connectivity index (χ4v) is 2.64. The van der Waals surface area contributed by atoms with Crippen molar-refractivity contribution in [3.05, 3.63) is 35.0 Å². The van der Waals surface area contributed by atoms with Crippen LogP contribution in [0.25, 0.3) is 10.9 Å². The number of nitrogens with one attached hydrogen (secondary N) is 1. The van der Waals surface area contributed by atoms with E-state index in [9.17, 15) is 0 Å². The van der Waals surface area contributed by atoms with Crippen molar-refractivity contribution in [3.63, 3.8) is 0 Å². The van der Waals surface area contributed by atoms with Gasteiger partial charge in [-0.3, -0.25) is 4.79 Å². The van der Waals surface area contributed by atoms with E-state index in [1.54, 1.807) is 0 Å². The van der Waals surface area contributed by atoms with Crippen LogP contribution in [0.15, 0.2) is 24.3 Å². The predicted molar refractivity (Wildman–Crippen MR) is 87.3 cm³/mol. The molecule has 1 aliphatic rings. The number of carboxylic acid groups (broad SMARTS) is 1. The van der Waals surface area contributed by atoms with Crippen LogP contribution in [-0.2, 0) is 15.1 Å². The van der Waals surface area contributed by atoms with E-state index < -0.39 is 5.97 Å². The molecule has 2 N–H and O–H groups in total. The molecule has 3 rings (SSSR count). The zero-order chi connectivity index (χ0) is 16.5. The van der Waals surface area contributed by atoms with Gasteiger partial charge in [0.25, 0.3) is 5.97 Å². The van der Waals surface area contributed by atoms with Gasteiger partial charge in [-0.1, -0.05) is 11.6 Å². The number of nitrogens with zero attached hydrogens (tertiary/aromatic N) is 1. The smallest absolute Gasteiger partial charge is 0.300 e. The molecule has 0 aliphatic carbocycles. The minimum absolute atomic E-state index is 0.0223. The Kier molecular flexibility index (Phi) is 4.58. The molecular formula is C16H19ClN2O3. The van der Waals surface area contributed by atoms with Gasteiger partial charge in [-0.05, 0) is 45.0 Å². The number of hydrogen-bond acceptors (Lipinski definition) is 4. The van der Waals surface area contributed by atoms with Gasteiger partial charge in [0.2, 0.25) is 0 Å². The quantitative estimate of drug-likeness (QED) is 0.767. The lowest BCUT2D eigenvalue weighted by molar-refractivity contribution is -0.134. The number of pyridine rings is 1. The van der Waals surface area contributed by atoms with E-state index in [2.05, 4.69) is 11.4 Å². The second-order valence-corrected chi connectivity index (χ2v) is 6.09. The third kappa shape index (κ3) is 3.67. The molecule has 1 aromatic heterocycles. The van der Waals surface area contributed by atoms with Crippen molar-refractivity contribution in [1.29, 1.82) is 0 Å². The lowest BCUT2D eigenvalue weighted by atomic mass is 9.99. The maximum atomic E-state index is 9.00. The summed E-state index contributed by atoms with van der Waals surface area (Å²) in [5, 5.41) is 12.5. The number of hydrogen-bond donors (Lipinski definition) is 2. The van der Waals surface area contributed by atoms with Crippen molar-refractivity contribution < 1.29 is 14.6 Å². The second-order valence-electron chi connectivity index (χ2n) is 5.66. The monoisotopic (exact) mass is 322 g/mol. The number of carboxylic acids is 1. The van der Waals surface area contributed by atoms with E-state index in [4.69, 9.17) is 31.2 Å². The topological polar surface area (TPSA) is 71.5 Å². The minimum Gasteiger partial charge on any atom is -0.481 e. The number of aromatic nitrogens is 1. The van der Waals surface area contributed by atoms with Crippen LogP contribution >= 0.6 is 11.6 Å². The van der Waals surface area contributed by atoms with Crippen LogP contribution in [0.3, 0.4) is 0 Å². The molecule has 1 atom stereocenters. The summed E-state index contributed by atoms with van der Waals surface area (Å²) < 4.78 is 5.87. The maximum absolute atomic E-state index is 9.00. The summed E-state index contributed by atoms with van der Waals surface area (Å²) in [7, 11) is 0. The average molecular weight is 323 g/mol. The highest BCUT2D eigenvalue weighted by Gasteiger charge is 2.33. The summed E-state index contributed by atoms with van der Waals surface area (Å²) in [4.78, 5) is 13.7.